The number of H-pyrrole nitrogens is 1. The number of primary amides is 1. The van der Waals surface area contributed by atoms with Gasteiger partial charge in [0.1, 0.15) is 11.3 Å². The number of carbonyl (C=O) groups is 2. The third-order valence-electron chi connectivity index (χ3n) is 4.77. The molecule has 0 aliphatic heterocycles. The van der Waals surface area contributed by atoms with Crippen molar-refractivity contribution in [3.63, 3.8) is 0 Å². The predicted molar refractivity (Wildman–Crippen MR) is 116 cm³/mol. The highest BCUT2D eigenvalue weighted by Crippen LogP contribution is 2.39. The number of nitrogens with one attached hydrogen (secondary N) is 2. The number of aromatic amines is 1. The monoisotopic (exact) mass is 414 g/mol. The second-order valence-corrected chi connectivity index (χ2v) is 6.81. The van der Waals surface area contributed by atoms with Crippen molar-refractivity contribution in [2.45, 2.75) is 6.92 Å². The number of anilines is 1. The minimum atomic E-state index is -0.719. The van der Waals surface area contributed by atoms with E-state index < -0.39 is 11.8 Å². The lowest BCUT2D eigenvalue weighted by molar-refractivity contribution is 0.0998. The van der Waals surface area contributed by atoms with Gasteiger partial charge in [0.15, 0.2) is 11.6 Å². The highest BCUT2D eigenvalue weighted by Gasteiger charge is 2.19. The van der Waals surface area contributed by atoms with Crippen molar-refractivity contribution in [3.8, 4) is 5.75 Å². The van der Waals surface area contributed by atoms with E-state index in [9.17, 15) is 14.7 Å². The molecule has 5 N–H and O–H groups in total. The van der Waals surface area contributed by atoms with Crippen LogP contribution in [0.5, 0.6) is 5.75 Å². The fourth-order valence-electron chi connectivity index (χ4n) is 3.13. The summed E-state index contributed by atoms with van der Waals surface area (Å²) in [6.07, 6.45) is 1.24. The van der Waals surface area contributed by atoms with Gasteiger partial charge in [0.25, 0.3) is 11.8 Å². The molecule has 3 aromatic carbocycles. The zero-order chi connectivity index (χ0) is 22.0. The van der Waals surface area contributed by atoms with Crippen molar-refractivity contribution in [2.75, 3.05) is 5.32 Å². The first-order chi connectivity index (χ1) is 15.0. The van der Waals surface area contributed by atoms with Crippen LogP contribution in [0.1, 0.15) is 26.3 Å². The molecule has 0 saturated heterocycles. The maximum atomic E-state index is 12.9. The molecule has 0 spiro atoms. The SMILES string of the molecule is Cc1ccccc1NC(=O)c1cc2ccccc2c(N=Nc2[nH]ncc2C(N)=O)c1O. The standard InChI is InChI=1S/C22H18N6O3/c1-12-6-2-5-9-17(12)25-22(31)15-10-13-7-3-4-8-14(13)18(19(15)29)26-28-21-16(20(23)30)11-24-27-21/h2-11,29H,1H3,(H2,23,30)(H,24,27)(H,25,31). The number of amides is 2. The number of aromatic hydroxyl groups is 1. The molecule has 0 atom stereocenters. The number of hydrogen-bond donors (Lipinski definition) is 4. The van der Waals surface area contributed by atoms with Gasteiger partial charge in [-0.1, -0.05) is 42.5 Å². The molecule has 4 aromatic rings. The Hall–Kier alpha value is -4.53. The van der Waals surface area contributed by atoms with Gasteiger partial charge in [-0.3, -0.25) is 14.7 Å². The number of benzene rings is 3. The Labute approximate surface area is 176 Å². The second kappa shape index (κ2) is 8.07. The van der Waals surface area contributed by atoms with Crippen molar-refractivity contribution in [1.29, 1.82) is 0 Å². The average molecular weight is 414 g/mol. The van der Waals surface area contributed by atoms with E-state index >= 15 is 0 Å². The molecule has 0 aliphatic carbocycles. The molecule has 1 heterocycles. The average Bonchev–Trinajstić information content (AvgIpc) is 3.23. The topological polar surface area (TPSA) is 146 Å². The van der Waals surface area contributed by atoms with Crippen molar-refractivity contribution in [2.24, 2.45) is 16.0 Å². The molecule has 0 bridgehead atoms. The van der Waals surface area contributed by atoms with Crippen LogP contribution in [0.3, 0.4) is 0 Å². The Morgan fingerprint density at radius 3 is 2.58 bits per heavy atom. The molecule has 0 fully saturated rings. The molecule has 4 rings (SSSR count). The van der Waals surface area contributed by atoms with Crippen LogP contribution in [0.2, 0.25) is 0 Å². The number of rotatable bonds is 5. The fourth-order valence-corrected chi connectivity index (χ4v) is 3.13. The highest BCUT2D eigenvalue weighted by atomic mass is 16.3. The number of nitrogens with zero attached hydrogens (tertiary/aromatic N) is 3. The van der Waals surface area contributed by atoms with Crippen LogP contribution in [0, 0.1) is 6.92 Å². The molecular weight excluding hydrogens is 396 g/mol. The first-order valence-corrected chi connectivity index (χ1v) is 9.32. The lowest BCUT2D eigenvalue weighted by Gasteiger charge is -2.12. The zero-order valence-corrected chi connectivity index (χ0v) is 16.5. The van der Waals surface area contributed by atoms with Gasteiger partial charge < -0.3 is 16.2 Å². The Kier molecular flexibility index (Phi) is 5.15. The van der Waals surface area contributed by atoms with Gasteiger partial charge in [-0.2, -0.15) is 5.10 Å². The Bertz CT molecular complexity index is 1340. The van der Waals surface area contributed by atoms with E-state index in [1.54, 1.807) is 30.3 Å². The largest absolute Gasteiger partial charge is 0.505 e. The molecule has 0 aliphatic rings. The van der Waals surface area contributed by atoms with E-state index in [1.165, 1.54) is 6.20 Å². The van der Waals surface area contributed by atoms with Crippen LogP contribution in [0.15, 0.2) is 71.0 Å². The van der Waals surface area contributed by atoms with E-state index in [0.29, 0.717) is 16.5 Å². The van der Waals surface area contributed by atoms with E-state index in [-0.39, 0.29) is 28.4 Å². The molecule has 9 nitrogen and oxygen atoms in total. The Balaban J connectivity index is 1.80. The summed E-state index contributed by atoms with van der Waals surface area (Å²) in [5, 5.41) is 29.3. The summed E-state index contributed by atoms with van der Waals surface area (Å²) in [6, 6.07) is 16.0. The second-order valence-electron chi connectivity index (χ2n) is 6.81. The van der Waals surface area contributed by atoms with Gasteiger partial charge in [0.2, 0.25) is 0 Å². The third kappa shape index (κ3) is 3.84. The number of carbonyl (C=O) groups excluding carboxylic acids is 2. The summed E-state index contributed by atoms with van der Waals surface area (Å²) in [5.74, 6) is -1.50. The van der Waals surface area contributed by atoms with Crippen LogP contribution >= 0.6 is 0 Å². The number of fused-ring (bicyclic) bond motifs is 1. The van der Waals surface area contributed by atoms with Gasteiger partial charge in [-0.05, 0) is 30.0 Å². The number of aryl methyl sites for hydroxylation is 1. The van der Waals surface area contributed by atoms with Crippen molar-refractivity contribution in [3.05, 3.63) is 77.5 Å². The number of aromatic nitrogens is 2. The molecular formula is C22H18N6O3. The van der Waals surface area contributed by atoms with Crippen molar-refractivity contribution < 1.29 is 14.7 Å². The first-order valence-electron chi connectivity index (χ1n) is 9.32. The molecule has 154 valence electrons. The van der Waals surface area contributed by atoms with Crippen LogP contribution < -0.4 is 11.1 Å². The summed E-state index contributed by atoms with van der Waals surface area (Å²) in [7, 11) is 0. The smallest absolute Gasteiger partial charge is 0.259 e. The minimum absolute atomic E-state index is 0.0376. The van der Waals surface area contributed by atoms with E-state index in [2.05, 4.69) is 25.7 Å². The third-order valence-corrected chi connectivity index (χ3v) is 4.77. The first kappa shape index (κ1) is 19.8. The lowest BCUT2D eigenvalue weighted by atomic mass is 10.0. The number of hydrogen-bond acceptors (Lipinski definition) is 6. The summed E-state index contributed by atoms with van der Waals surface area (Å²) in [5.41, 5.74) is 6.99. The van der Waals surface area contributed by atoms with Crippen LogP contribution in [-0.2, 0) is 0 Å². The number of para-hydroxylation sites is 1. The maximum Gasteiger partial charge on any atom is 0.259 e. The number of phenols is 1. The molecule has 0 radical (unpaired) electrons. The van der Waals surface area contributed by atoms with Crippen LogP contribution in [-0.4, -0.2) is 27.1 Å². The van der Waals surface area contributed by atoms with Gasteiger partial charge in [0, 0.05) is 11.1 Å². The molecule has 1 aromatic heterocycles. The normalized spacial score (nSPS) is 11.1. The van der Waals surface area contributed by atoms with Gasteiger partial charge >= 0.3 is 0 Å². The fraction of sp³-hybridized carbons (Fsp3) is 0.0455. The minimum Gasteiger partial charge on any atom is -0.505 e. The van der Waals surface area contributed by atoms with Crippen LogP contribution in [0.25, 0.3) is 10.8 Å². The summed E-state index contributed by atoms with van der Waals surface area (Å²) in [6.45, 7) is 1.87. The predicted octanol–water partition coefficient (Wildman–Crippen LogP) is 4.34. The lowest BCUT2D eigenvalue weighted by Crippen LogP contribution is -2.13. The van der Waals surface area contributed by atoms with E-state index in [4.69, 9.17) is 5.73 Å². The van der Waals surface area contributed by atoms with Gasteiger partial charge in [-0.25, -0.2) is 0 Å². The van der Waals surface area contributed by atoms with Crippen molar-refractivity contribution in [1.82, 2.24) is 10.2 Å². The molecule has 31 heavy (non-hydrogen) atoms. The summed E-state index contributed by atoms with van der Waals surface area (Å²) in [4.78, 5) is 24.4. The van der Waals surface area contributed by atoms with E-state index in [1.807, 2.05) is 31.2 Å². The molecule has 2 amide bonds. The summed E-state index contributed by atoms with van der Waals surface area (Å²) < 4.78 is 0. The van der Waals surface area contributed by atoms with E-state index in [0.717, 1.165) is 5.56 Å². The number of phenolic OH excluding ortho intramolecular Hbond substituents is 1. The molecule has 9 heteroatoms. The molecule has 0 unspecified atom stereocenters. The number of azo groups is 1. The van der Waals surface area contributed by atoms with Gasteiger partial charge in [0.05, 0.1) is 11.8 Å². The Morgan fingerprint density at radius 1 is 1.06 bits per heavy atom. The van der Waals surface area contributed by atoms with Crippen molar-refractivity contribution >= 4 is 39.8 Å². The molecule has 0 saturated carbocycles. The zero-order valence-electron chi connectivity index (χ0n) is 16.5. The maximum absolute atomic E-state index is 12.9. The van der Waals surface area contributed by atoms with Gasteiger partial charge in [-0.15, -0.1) is 10.2 Å². The van der Waals surface area contributed by atoms with Crippen LogP contribution in [0.4, 0.5) is 17.2 Å². The number of nitrogens with two attached hydrogens (primary N) is 1. The quantitative estimate of drug-likeness (QED) is 0.360. The summed E-state index contributed by atoms with van der Waals surface area (Å²) >= 11 is 0. The highest BCUT2D eigenvalue weighted by molar-refractivity contribution is 6.12. The Morgan fingerprint density at radius 2 is 1.81 bits per heavy atom.